The molecule has 17 heavy (non-hydrogen) atoms. The third-order valence-electron chi connectivity index (χ3n) is 2.77. The molecule has 0 aliphatic heterocycles. The van der Waals surface area contributed by atoms with Crippen LogP contribution in [0.3, 0.4) is 0 Å². The molecule has 1 aromatic rings. The molecule has 1 rings (SSSR count). The van der Waals surface area contributed by atoms with E-state index in [0.29, 0.717) is 19.3 Å². The minimum Gasteiger partial charge on any atom is -0.481 e. The van der Waals surface area contributed by atoms with Crippen molar-refractivity contribution >= 4 is 21.9 Å². The minimum absolute atomic E-state index is 0.307. The van der Waals surface area contributed by atoms with E-state index in [1.54, 1.807) is 0 Å². The first kappa shape index (κ1) is 14.2. The van der Waals surface area contributed by atoms with Gasteiger partial charge in [0, 0.05) is 4.47 Å². The van der Waals surface area contributed by atoms with Crippen LogP contribution >= 0.6 is 15.9 Å². The third-order valence-corrected chi connectivity index (χ3v) is 3.30. The Morgan fingerprint density at radius 3 is 2.41 bits per heavy atom. The van der Waals surface area contributed by atoms with Crippen LogP contribution in [0.1, 0.15) is 25.3 Å². The van der Waals surface area contributed by atoms with Crippen molar-refractivity contribution in [3.63, 3.8) is 0 Å². The molecule has 0 saturated heterocycles. The summed E-state index contributed by atoms with van der Waals surface area (Å²) in [5.41, 5.74) is 0.976. The van der Waals surface area contributed by atoms with Crippen molar-refractivity contribution in [3.05, 3.63) is 34.3 Å². The van der Waals surface area contributed by atoms with E-state index in [1.165, 1.54) is 0 Å². The van der Waals surface area contributed by atoms with Crippen LogP contribution in [-0.4, -0.2) is 22.3 Å². The van der Waals surface area contributed by atoms with Crippen molar-refractivity contribution in [1.82, 2.24) is 0 Å². The van der Waals surface area contributed by atoms with Gasteiger partial charge in [0.2, 0.25) is 0 Å². The Bertz CT molecular complexity index is 361. The van der Waals surface area contributed by atoms with Gasteiger partial charge in [0.25, 0.3) is 0 Å². The first-order valence-electron chi connectivity index (χ1n) is 5.68. The van der Waals surface area contributed by atoms with Gasteiger partial charge in [-0.25, -0.2) is 0 Å². The van der Waals surface area contributed by atoms with Crippen molar-refractivity contribution in [3.8, 4) is 0 Å². The van der Waals surface area contributed by atoms with Gasteiger partial charge in [0.15, 0.2) is 0 Å². The second kappa shape index (κ2) is 6.77. The smallest absolute Gasteiger partial charge is 0.306 e. The Balaban J connectivity index is 2.66. The van der Waals surface area contributed by atoms with Gasteiger partial charge < -0.3 is 10.2 Å². The molecule has 2 unspecified atom stereocenters. The number of aliphatic hydroxyl groups excluding tert-OH is 1. The lowest BCUT2D eigenvalue weighted by Gasteiger charge is -2.15. The molecule has 0 spiro atoms. The fourth-order valence-corrected chi connectivity index (χ4v) is 1.94. The SMILES string of the molecule is CCC(O)CC(Cc1ccc(Br)cc1)C(=O)O. The molecule has 0 aliphatic carbocycles. The average molecular weight is 301 g/mol. The molecule has 0 radical (unpaired) electrons. The molecule has 0 saturated carbocycles. The van der Waals surface area contributed by atoms with Gasteiger partial charge in [0.1, 0.15) is 0 Å². The highest BCUT2D eigenvalue weighted by Gasteiger charge is 2.21. The van der Waals surface area contributed by atoms with Crippen LogP contribution in [0.4, 0.5) is 0 Å². The van der Waals surface area contributed by atoms with E-state index >= 15 is 0 Å². The first-order chi connectivity index (χ1) is 8.02. The van der Waals surface area contributed by atoms with Crippen LogP contribution in [0.5, 0.6) is 0 Å². The zero-order chi connectivity index (χ0) is 12.8. The Labute approximate surface area is 110 Å². The van der Waals surface area contributed by atoms with E-state index in [0.717, 1.165) is 10.0 Å². The predicted molar refractivity (Wildman–Crippen MR) is 69.9 cm³/mol. The zero-order valence-corrected chi connectivity index (χ0v) is 11.4. The summed E-state index contributed by atoms with van der Waals surface area (Å²) in [6.45, 7) is 1.85. The van der Waals surface area contributed by atoms with E-state index in [1.807, 2.05) is 31.2 Å². The number of hydrogen-bond acceptors (Lipinski definition) is 2. The van der Waals surface area contributed by atoms with Crippen molar-refractivity contribution in [2.45, 2.75) is 32.3 Å². The van der Waals surface area contributed by atoms with Crippen LogP contribution in [-0.2, 0) is 11.2 Å². The molecule has 0 heterocycles. The number of benzene rings is 1. The maximum Gasteiger partial charge on any atom is 0.306 e. The molecular formula is C13H17BrO3. The minimum atomic E-state index is -0.847. The van der Waals surface area contributed by atoms with Crippen molar-refractivity contribution in [2.75, 3.05) is 0 Å². The van der Waals surface area contributed by atoms with Crippen LogP contribution < -0.4 is 0 Å². The Hall–Kier alpha value is -0.870. The van der Waals surface area contributed by atoms with Gasteiger partial charge in [-0.05, 0) is 37.0 Å². The lowest BCUT2D eigenvalue weighted by molar-refractivity contribution is -0.142. The number of halogens is 1. The topological polar surface area (TPSA) is 57.5 Å². The van der Waals surface area contributed by atoms with E-state index < -0.39 is 18.0 Å². The number of aliphatic carboxylic acids is 1. The summed E-state index contributed by atoms with van der Waals surface area (Å²) in [6.07, 6.45) is 0.817. The Morgan fingerprint density at radius 2 is 1.94 bits per heavy atom. The number of aliphatic hydroxyl groups is 1. The number of hydrogen-bond donors (Lipinski definition) is 2. The normalized spacial score (nSPS) is 14.3. The van der Waals surface area contributed by atoms with Crippen LogP contribution in [0, 0.1) is 5.92 Å². The summed E-state index contributed by atoms with van der Waals surface area (Å²) in [6, 6.07) is 7.59. The average Bonchev–Trinajstić information content (AvgIpc) is 2.30. The number of carboxylic acid groups (broad SMARTS) is 1. The molecule has 0 aliphatic rings. The molecule has 4 heteroatoms. The van der Waals surface area contributed by atoms with Gasteiger partial charge in [-0.3, -0.25) is 4.79 Å². The second-order valence-corrected chi connectivity index (χ2v) is 5.08. The summed E-state index contributed by atoms with van der Waals surface area (Å²) in [5.74, 6) is -1.37. The standard InChI is InChI=1S/C13H17BrO3/c1-2-12(15)8-10(13(16)17)7-9-3-5-11(14)6-4-9/h3-6,10,12,15H,2,7-8H2,1H3,(H,16,17). The zero-order valence-electron chi connectivity index (χ0n) is 9.77. The van der Waals surface area contributed by atoms with Crippen molar-refractivity contribution in [1.29, 1.82) is 0 Å². The first-order valence-corrected chi connectivity index (χ1v) is 6.47. The van der Waals surface area contributed by atoms with E-state index in [4.69, 9.17) is 5.11 Å². The molecular weight excluding hydrogens is 284 g/mol. The van der Waals surface area contributed by atoms with Gasteiger partial charge in [-0.15, -0.1) is 0 Å². The molecule has 1 aromatic carbocycles. The fraction of sp³-hybridized carbons (Fsp3) is 0.462. The van der Waals surface area contributed by atoms with Crippen LogP contribution in [0.15, 0.2) is 28.7 Å². The number of carboxylic acids is 1. The highest BCUT2D eigenvalue weighted by Crippen LogP contribution is 2.18. The van der Waals surface area contributed by atoms with Crippen molar-refractivity contribution < 1.29 is 15.0 Å². The Morgan fingerprint density at radius 1 is 1.35 bits per heavy atom. The van der Waals surface area contributed by atoms with Gasteiger partial charge in [0.05, 0.1) is 12.0 Å². The molecule has 2 N–H and O–H groups in total. The summed E-state index contributed by atoms with van der Waals surface area (Å²) >= 11 is 3.34. The molecule has 94 valence electrons. The van der Waals surface area contributed by atoms with E-state index in [-0.39, 0.29) is 0 Å². The maximum atomic E-state index is 11.1. The third kappa shape index (κ3) is 4.88. The van der Waals surface area contributed by atoms with E-state index in [2.05, 4.69) is 15.9 Å². The van der Waals surface area contributed by atoms with Gasteiger partial charge in [-0.1, -0.05) is 35.0 Å². The van der Waals surface area contributed by atoms with Gasteiger partial charge in [-0.2, -0.15) is 0 Å². The lowest BCUT2D eigenvalue weighted by atomic mass is 9.93. The van der Waals surface area contributed by atoms with Crippen LogP contribution in [0.2, 0.25) is 0 Å². The molecule has 2 atom stereocenters. The summed E-state index contributed by atoms with van der Waals surface area (Å²) in [7, 11) is 0. The predicted octanol–water partition coefficient (Wildman–Crippen LogP) is 2.85. The van der Waals surface area contributed by atoms with Crippen LogP contribution in [0.25, 0.3) is 0 Å². The van der Waals surface area contributed by atoms with E-state index in [9.17, 15) is 9.90 Å². The largest absolute Gasteiger partial charge is 0.481 e. The monoisotopic (exact) mass is 300 g/mol. The highest BCUT2D eigenvalue weighted by atomic mass is 79.9. The van der Waals surface area contributed by atoms with Crippen molar-refractivity contribution in [2.24, 2.45) is 5.92 Å². The second-order valence-electron chi connectivity index (χ2n) is 4.16. The molecule has 3 nitrogen and oxygen atoms in total. The maximum absolute atomic E-state index is 11.1. The number of rotatable bonds is 6. The highest BCUT2D eigenvalue weighted by molar-refractivity contribution is 9.10. The summed E-state index contributed by atoms with van der Waals surface area (Å²) < 4.78 is 0.974. The quantitative estimate of drug-likeness (QED) is 0.849. The fourth-order valence-electron chi connectivity index (χ4n) is 1.67. The molecule has 0 bridgehead atoms. The summed E-state index contributed by atoms with van der Waals surface area (Å²) in [4.78, 5) is 11.1. The number of carbonyl (C=O) groups is 1. The summed E-state index contributed by atoms with van der Waals surface area (Å²) in [5, 5.41) is 18.6. The molecule has 0 aromatic heterocycles. The van der Waals surface area contributed by atoms with Gasteiger partial charge >= 0.3 is 5.97 Å². The molecule has 0 amide bonds. The molecule has 0 fully saturated rings. The Kier molecular flexibility index (Phi) is 5.65. The lowest BCUT2D eigenvalue weighted by Crippen LogP contribution is -2.22.